The van der Waals surface area contributed by atoms with Crippen molar-refractivity contribution in [1.82, 2.24) is 9.80 Å². The first-order valence-electron chi connectivity index (χ1n) is 7.37. The molecule has 0 aromatic heterocycles. The first kappa shape index (κ1) is 15.6. The molecular formula is C16H17ClN2O2S. The molecule has 0 N–H and O–H groups in total. The summed E-state index contributed by atoms with van der Waals surface area (Å²) in [6.45, 7) is 2.29. The van der Waals surface area contributed by atoms with Crippen molar-refractivity contribution in [3.05, 3.63) is 39.8 Å². The Morgan fingerprint density at radius 1 is 1.14 bits per heavy atom. The molecule has 0 aliphatic carbocycles. The molecule has 6 heteroatoms. The molecule has 0 atom stereocenters. The van der Waals surface area contributed by atoms with Gasteiger partial charge in [-0.3, -0.25) is 19.4 Å². The van der Waals surface area contributed by atoms with Crippen LogP contribution in [0.1, 0.15) is 24.8 Å². The highest BCUT2D eigenvalue weighted by molar-refractivity contribution is 8.18. The van der Waals surface area contributed by atoms with Crippen LogP contribution in [0.3, 0.4) is 0 Å². The van der Waals surface area contributed by atoms with Crippen LogP contribution in [-0.4, -0.2) is 40.7 Å². The van der Waals surface area contributed by atoms with Gasteiger partial charge in [-0.1, -0.05) is 36.2 Å². The highest BCUT2D eigenvalue weighted by atomic mass is 35.5. The summed E-state index contributed by atoms with van der Waals surface area (Å²) in [7, 11) is 0. The van der Waals surface area contributed by atoms with E-state index in [9.17, 15) is 9.59 Å². The summed E-state index contributed by atoms with van der Waals surface area (Å²) in [5.41, 5.74) is 0.757. The van der Waals surface area contributed by atoms with Gasteiger partial charge in [0.1, 0.15) is 0 Å². The van der Waals surface area contributed by atoms with Crippen LogP contribution in [0.4, 0.5) is 4.79 Å². The maximum Gasteiger partial charge on any atom is 0.294 e. The normalized spacial score (nSPS) is 21.9. The SMILES string of the molecule is O=C1S/C(=C/c2ccccc2Cl)C(=O)N1CN1CCCCC1. The number of rotatable bonds is 3. The average molecular weight is 337 g/mol. The Morgan fingerprint density at radius 3 is 2.59 bits per heavy atom. The lowest BCUT2D eigenvalue weighted by molar-refractivity contribution is -0.124. The predicted molar refractivity (Wildman–Crippen MR) is 89.6 cm³/mol. The topological polar surface area (TPSA) is 40.6 Å². The Kier molecular flexibility index (Phi) is 4.86. The molecule has 2 heterocycles. The second-order valence-electron chi connectivity index (χ2n) is 5.45. The van der Waals surface area contributed by atoms with Crippen molar-refractivity contribution >= 4 is 40.6 Å². The monoisotopic (exact) mass is 336 g/mol. The number of thioether (sulfide) groups is 1. The number of hydrogen-bond donors (Lipinski definition) is 0. The van der Waals surface area contributed by atoms with Gasteiger partial charge in [-0.05, 0) is 55.4 Å². The molecule has 22 heavy (non-hydrogen) atoms. The Hall–Kier alpha value is -1.30. The van der Waals surface area contributed by atoms with Crippen molar-refractivity contribution in [3.8, 4) is 0 Å². The van der Waals surface area contributed by atoms with Gasteiger partial charge in [-0.15, -0.1) is 0 Å². The number of halogens is 1. The number of imide groups is 1. The van der Waals surface area contributed by atoms with Gasteiger partial charge in [0.25, 0.3) is 11.1 Å². The Morgan fingerprint density at radius 2 is 1.86 bits per heavy atom. The van der Waals surface area contributed by atoms with Gasteiger partial charge >= 0.3 is 0 Å². The van der Waals surface area contributed by atoms with Gasteiger partial charge in [0.2, 0.25) is 0 Å². The number of likely N-dealkylation sites (tertiary alicyclic amines) is 1. The van der Waals surface area contributed by atoms with E-state index in [4.69, 9.17) is 11.6 Å². The Balaban J connectivity index is 1.75. The van der Waals surface area contributed by atoms with Crippen LogP contribution in [0.2, 0.25) is 5.02 Å². The molecule has 1 aromatic carbocycles. The lowest BCUT2D eigenvalue weighted by Gasteiger charge is -2.29. The minimum absolute atomic E-state index is 0.200. The molecule has 0 radical (unpaired) electrons. The van der Waals surface area contributed by atoms with Gasteiger partial charge in [0.15, 0.2) is 0 Å². The number of amides is 2. The molecule has 3 rings (SSSR count). The fourth-order valence-electron chi connectivity index (χ4n) is 2.66. The summed E-state index contributed by atoms with van der Waals surface area (Å²) in [6, 6.07) is 7.30. The van der Waals surface area contributed by atoms with Crippen molar-refractivity contribution in [2.24, 2.45) is 0 Å². The highest BCUT2D eigenvalue weighted by Crippen LogP contribution is 2.33. The standard InChI is InChI=1S/C16H17ClN2O2S/c17-13-7-3-2-6-12(13)10-14-15(20)19(16(21)22-14)11-18-8-4-1-5-9-18/h2-3,6-7,10H,1,4-5,8-9,11H2/b14-10+. The Bertz CT molecular complexity index is 626. The third-order valence-corrected chi connectivity index (χ3v) is 5.11. The summed E-state index contributed by atoms with van der Waals surface area (Å²) in [5, 5.41) is 0.374. The quantitative estimate of drug-likeness (QED) is 0.787. The van der Waals surface area contributed by atoms with Gasteiger partial charge in [0.05, 0.1) is 11.6 Å². The van der Waals surface area contributed by atoms with Crippen LogP contribution >= 0.6 is 23.4 Å². The largest absolute Gasteiger partial charge is 0.294 e. The number of hydrogen-bond acceptors (Lipinski definition) is 4. The second kappa shape index (κ2) is 6.86. The molecule has 2 amide bonds. The zero-order chi connectivity index (χ0) is 15.5. The maximum absolute atomic E-state index is 12.5. The number of piperidine rings is 1. The van der Waals surface area contributed by atoms with Crippen molar-refractivity contribution in [2.75, 3.05) is 19.8 Å². The lowest BCUT2D eigenvalue weighted by Crippen LogP contribution is -2.42. The molecule has 2 aliphatic heterocycles. The zero-order valence-electron chi connectivity index (χ0n) is 12.1. The van der Waals surface area contributed by atoms with E-state index in [0.717, 1.165) is 43.3 Å². The van der Waals surface area contributed by atoms with Crippen molar-refractivity contribution < 1.29 is 9.59 Å². The zero-order valence-corrected chi connectivity index (χ0v) is 13.7. The third-order valence-electron chi connectivity index (χ3n) is 3.86. The van der Waals surface area contributed by atoms with Crippen molar-refractivity contribution in [1.29, 1.82) is 0 Å². The maximum atomic E-state index is 12.5. The van der Waals surface area contributed by atoms with Gasteiger partial charge < -0.3 is 0 Å². The van der Waals surface area contributed by atoms with E-state index in [0.29, 0.717) is 16.6 Å². The summed E-state index contributed by atoms with van der Waals surface area (Å²) >= 11 is 7.09. The molecule has 2 fully saturated rings. The molecule has 2 aliphatic rings. The second-order valence-corrected chi connectivity index (χ2v) is 6.85. The molecule has 0 bridgehead atoms. The molecule has 1 aromatic rings. The van der Waals surface area contributed by atoms with Gasteiger partial charge in [-0.25, -0.2) is 0 Å². The van der Waals surface area contributed by atoms with Crippen LogP contribution < -0.4 is 0 Å². The molecule has 0 unspecified atom stereocenters. The van der Waals surface area contributed by atoms with E-state index in [1.807, 2.05) is 18.2 Å². The third kappa shape index (κ3) is 3.37. The van der Waals surface area contributed by atoms with Crippen molar-refractivity contribution in [2.45, 2.75) is 19.3 Å². The molecular weight excluding hydrogens is 320 g/mol. The lowest BCUT2D eigenvalue weighted by atomic mass is 10.1. The number of nitrogens with zero attached hydrogens (tertiary/aromatic N) is 2. The highest BCUT2D eigenvalue weighted by Gasteiger charge is 2.36. The molecule has 0 spiro atoms. The van der Waals surface area contributed by atoms with E-state index in [1.54, 1.807) is 12.1 Å². The summed E-state index contributed by atoms with van der Waals surface area (Å²) in [4.78, 5) is 28.5. The van der Waals surface area contributed by atoms with Crippen LogP contribution in [0.25, 0.3) is 6.08 Å². The fraction of sp³-hybridized carbons (Fsp3) is 0.375. The van der Waals surface area contributed by atoms with E-state index in [1.165, 1.54) is 11.3 Å². The first-order valence-corrected chi connectivity index (χ1v) is 8.57. The van der Waals surface area contributed by atoms with E-state index in [2.05, 4.69) is 4.90 Å². The number of carbonyl (C=O) groups excluding carboxylic acids is 2. The Labute approximate surface area is 139 Å². The number of benzene rings is 1. The minimum Gasteiger partial charge on any atom is -0.286 e. The smallest absolute Gasteiger partial charge is 0.286 e. The van der Waals surface area contributed by atoms with Gasteiger partial charge in [-0.2, -0.15) is 0 Å². The van der Waals surface area contributed by atoms with Crippen LogP contribution in [0.15, 0.2) is 29.2 Å². The van der Waals surface area contributed by atoms with E-state index < -0.39 is 0 Å². The molecule has 0 saturated carbocycles. The van der Waals surface area contributed by atoms with E-state index >= 15 is 0 Å². The minimum atomic E-state index is -0.222. The average Bonchev–Trinajstić information content (AvgIpc) is 2.78. The van der Waals surface area contributed by atoms with Crippen molar-refractivity contribution in [3.63, 3.8) is 0 Å². The van der Waals surface area contributed by atoms with Crippen LogP contribution in [0, 0.1) is 0 Å². The predicted octanol–water partition coefficient (Wildman–Crippen LogP) is 3.82. The molecule has 4 nitrogen and oxygen atoms in total. The first-order chi connectivity index (χ1) is 10.6. The molecule has 2 saturated heterocycles. The van der Waals surface area contributed by atoms with Crippen LogP contribution in [0.5, 0.6) is 0 Å². The van der Waals surface area contributed by atoms with Crippen LogP contribution in [-0.2, 0) is 4.79 Å². The summed E-state index contributed by atoms with van der Waals surface area (Å²) in [5.74, 6) is -0.222. The molecule has 116 valence electrons. The number of carbonyl (C=O) groups is 2. The van der Waals surface area contributed by atoms with Gasteiger partial charge in [0, 0.05) is 5.02 Å². The summed E-state index contributed by atoms with van der Waals surface area (Å²) < 4.78 is 0. The summed E-state index contributed by atoms with van der Waals surface area (Å²) in [6.07, 6.45) is 5.19. The fourth-order valence-corrected chi connectivity index (χ4v) is 3.67. The van der Waals surface area contributed by atoms with E-state index in [-0.39, 0.29) is 11.1 Å².